The summed E-state index contributed by atoms with van der Waals surface area (Å²) in [6, 6.07) is 7.79. The van der Waals surface area contributed by atoms with Gasteiger partial charge in [0.1, 0.15) is 12.1 Å². The van der Waals surface area contributed by atoms with Crippen LogP contribution >= 0.6 is 11.8 Å². The first kappa shape index (κ1) is 14.4. The first-order valence-corrected chi connectivity index (χ1v) is 8.05. The number of aromatic nitrogens is 3. The number of aliphatic hydroxyl groups is 1. The number of rotatable bonds is 4. The molecule has 112 valence electrons. The fourth-order valence-corrected chi connectivity index (χ4v) is 3.85. The highest BCUT2D eigenvalue weighted by atomic mass is 32.2. The Morgan fingerprint density at radius 1 is 1.29 bits per heavy atom. The zero-order chi connectivity index (χ0) is 14.7. The topological polar surface area (TPSA) is 60.2 Å². The predicted octanol–water partition coefficient (Wildman–Crippen LogP) is 2.67. The summed E-state index contributed by atoms with van der Waals surface area (Å²) in [6.45, 7) is 0. The smallest absolute Gasteiger partial charge is 0.196 e. The molecule has 3 rings (SSSR count). The third kappa shape index (κ3) is 3.06. The zero-order valence-corrected chi connectivity index (χ0v) is 12.8. The molecule has 1 heterocycles. The molecule has 0 radical (unpaired) electrons. The lowest BCUT2D eigenvalue weighted by Gasteiger charge is -2.26. The molecule has 0 aliphatic heterocycles. The van der Waals surface area contributed by atoms with E-state index in [1.165, 1.54) is 0 Å². The Balaban J connectivity index is 1.87. The molecule has 1 aliphatic carbocycles. The van der Waals surface area contributed by atoms with Gasteiger partial charge < -0.3 is 9.84 Å². The van der Waals surface area contributed by atoms with Crippen molar-refractivity contribution in [1.29, 1.82) is 0 Å². The molecule has 21 heavy (non-hydrogen) atoms. The predicted molar refractivity (Wildman–Crippen MR) is 82.0 cm³/mol. The Hall–Kier alpha value is -1.53. The van der Waals surface area contributed by atoms with Crippen LogP contribution in [0.25, 0.3) is 5.69 Å². The van der Waals surface area contributed by atoms with Crippen molar-refractivity contribution in [3.63, 3.8) is 0 Å². The Morgan fingerprint density at radius 2 is 2.10 bits per heavy atom. The molecular weight excluding hydrogens is 286 g/mol. The van der Waals surface area contributed by atoms with E-state index in [-0.39, 0.29) is 11.4 Å². The molecule has 2 unspecified atom stereocenters. The van der Waals surface area contributed by atoms with Crippen LogP contribution in [0.5, 0.6) is 5.75 Å². The number of ether oxygens (including phenoxy) is 1. The molecule has 2 atom stereocenters. The van der Waals surface area contributed by atoms with Gasteiger partial charge in [0.2, 0.25) is 0 Å². The van der Waals surface area contributed by atoms with E-state index in [1.54, 1.807) is 25.2 Å². The van der Waals surface area contributed by atoms with E-state index in [0.717, 1.165) is 42.3 Å². The van der Waals surface area contributed by atoms with Crippen LogP contribution in [0.2, 0.25) is 0 Å². The summed E-state index contributed by atoms with van der Waals surface area (Å²) in [6.07, 6.45) is 5.60. The highest BCUT2D eigenvalue weighted by Gasteiger charge is 2.26. The highest BCUT2D eigenvalue weighted by molar-refractivity contribution is 7.99. The number of benzene rings is 1. The van der Waals surface area contributed by atoms with Crippen molar-refractivity contribution < 1.29 is 9.84 Å². The summed E-state index contributed by atoms with van der Waals surface area (Å²) in [5, 5.41) is 19.3. The third-order valence-electron chi connectivity index (χ3n) is 3.79. The molecule has 1 fully saturated rings. The van der Waals surface area contributed by atoms with E-state index in [4.69, 9.17) is 4.74 Å². The van der Waals surface area contributed by atoms with Crippen LogP contribution in [0, 0.1) is 0 Å². The van der Waals surface area contributed by atoms with E-state index in [2.05, 4.69) is 10.2 Å². The van der Waals surface area contributed by atoms with E-state index in [1.807, 2.05) is 28.8 Å². The van der Waals surface area contributed by atoms with Crippen molar-refractivity contribution in [2.75, 3.05) is 7.11 Å². The second kappa shape index (κ2) is 6.49. The number of methoxy groups -OCH3 is 1. The average Bonchev–Trinajstić information content (AvgIpc) is 2.97. The van der Waals surface area contributed by atoms with Gasteiger partial charge in [0.05, 0.1) is 18.9 Å². The average molecular weight is 305 g/mol. The van der Waals surface area contributed by atoms with E-state index in [0.29, 0.717) is 0 Å². The first-order chi connectivity index (χ1) is 10.3. The molecule has 0 amide bonds. The Labute approximate surface area is 128 Å². The minimum atomic E-state index is -0.258. The van der Waals surface area contributed by atoms with Gasteiger partial charge in [0, 0.05) is 5.25 Å². The van der Waals surface area contributed by atoms with Gasteiger partial charge >= 0.3 is 0 Å². The number of thioether (sulfide) groups is 1. The molecule has 1 N–H and O–H groups in total. The molecule has 2 aromatic rings. The largest absolute Gasteiger partial charge is 0.495 e. The summed E-state index contributed by atoms with van der Waals surface area (Å²) in [4.78, 5) is 0. The molecule has 1 aromatic heterocycles. The number of hydrogen-bond donors (Lipinski definition) is 1. The number of hydrogen-bond acceptors (Lipinski definition) is 5. The minimum Gasteiger partial charge on any atom is -0.495 e. The maximum Gasteiger partial charge on any atom is 0.196 e. The van der Waals surface area contributed by atoms with Gasteiger partial charge in [-0.15, -0.1) is 10.2 Å². The monoisotopic (exact) mass is 305 g/mol. The highest BCUT2D eigenvalue weighted by Crippen LogP contribution is 2.34. The fraction of sp³-hybridized carbons (Fsp3) is 0.467. The first-order valence-electron chi connectivity index (χ1n) is 7.17. The summed E-state index contributed by atoms with van der Waals surface area (Å²) in [7, 11) is 1.65. The number of nitrogens with zero attached hydrogens (tertiary/aromatic N) is 3. The second-order valence-corrected chi connectivity index (χ2v) is 6.37. The van der Waals surface area contributed by atoms with Crippen molar-refractivity contribution >= 4 is 11.8 Å². The quantitative estimate of drug-likeness (QED) is 0.941. The van der Waals surface area contributed by atoms with Gasteiger partial charge in [-0.1, -0.05) is 36.7 Å². The van der Waals surface area contributed by atoms with E-state index >= 15 is 0 Å². The molecule has 1 aromatic carbocycles. The van der Waals surface area contributed by atoms with Crippen LogP contribution in [0.1, 0.15) is 25.7 Å². The molecule has 0 bridgehead atoms. The minimum absolute atomic E-state index is 0.191. The second-order valence-electron chi connectivity index (χ2n) is 5.16. The van der Waals surface area contributed by atoms with Gasteiger partial charge in [0.25, 0.3) is 0 Å². The van der Waals surface area contributed by atoms with Crippen molar-refractivity contribution in [2.45, 2.75) is 42.2 Å². The summed E-state index contributed by atoms with van der Waals surface area (Å²) >= 11 is 1.60. The number of para-hydroxylation sites is 2. The van der Waals surface area contributed by atoms with Gasteiger partial charge in [-0.25, -0.2) is 0 Å². The lowest BCUT2D eigenvalue weighted by atomic mass is 9.97. The lowest BCUT2D eigenvalue weighted by Crippen LogP contribution is -2.27. The van der Waals surface area contributed by atoms with Crippen LogP contribution in [0.3, 0.4) is 0 Å². The van der Waals surface area contributed by atoms with Crippen molar-refractivity contribution in [1.82, 2.24) is 14.8 Å². The van der Waals surface area contributed by atoms with Crippen LogP contribution in [-0.4, -0.2) is 38.3 Å². The lowest BCUT2D eigenvalue weighted by molar-refractivity contribution is 0.137. The molecule has 6 heteroatoms. The maximum absolute atomic E-state index is 10.1. The van der Waals surface area contributed by atoms with Crippen molar-refractivity contribution in [3.05, 3.63) is 30.6 Å². The molecule has 0 saturated heterocycles. The zero-order valence-electron chi connectivity index (χ0n) is 12.0. The molecule has 1 aliphatic rings. The molecule has 5 nitrogen and oxygen atoms in total. The number of aliphatic hydroxyl groups excluding tert-OH is 1. The van der Waals surface area contributed by atoms with Gasteiger partial charge in [0.15, 0.2) is 5.16 Å². The summed E-state index contributed by atoms with van der Waals surface area (Å²) < 4.78 is 7.32. The Morgan fingerprint density at radius 3 is 2.90 bits per heavy atom. The molecular formula is C15H19N3O2S. The van der Waals surface area contributed by atoms with Crippen molar-refractivity contribution in [3.8, 4) is 11.4 Å². The third-order valence-corrected chi connectivity index (χ3v) is 5.13. The van der Waals surface area contributed by atoms with E-state index in [9.17, 15) is 5.11 Å². The SMILES string of the molecule is COc1ccccc1-n1cnnc1SC1CCCCC1O. The van der Waals surface area contributed by atoms with E-state index < -0.39 is 0 Å². The normalized spacial score (nSPS) is 22.2. The van der Waals surface area contributed by atoms with Crippen LogP contribution in [0.15, 0.2) is 35.7 Å². The van der Waals surface area contributed by atoms with Crippen LogP contribution in [-0.2, 0) is 0 Å². The van der Waals surface area contributed by atoms with Gasteiger partial charge in [-0.05, 0) is 25.0 Å². The molecule has 0 spiro atoms. The fourth-order valence-electron chi connectivity index (χ4n) is 2.65. The maximum atomic E-state index is 10.1. The summed E-state index contributed by atoms with van der Waals surface area (Å²) in [5.74, 6) is 0.781. The standard InChI is InChI=1S/C15H19N3O2S/c1-20-13-8-4-2-6-11(13)18-10-16-17-15(18)21-14-9-5-3-7-12(14)19/h2,4,6,8,10,12,14,19H,3,5,7,9H2,1H3. The Kier molecular flexibility index (Phi) is 4.45. The molecule has 1 saturated carbocycles. The van der Waals surface area contributed by atoms with Gasteiger partial charge in [-0.2, -0.15) is 0 Å². The van der Waals surface area contributed by atoms with Gasteiger partial charge in [-0.3, -0.25) is 4.57 Å². The Bertz CT molecular complexity index is 602. The van der Waals surface area contributed by atoms with Crippen molar-refractivity contribution in [2.24, 2.45) is 0 Å². The van der Waals surface area contributed by atoms with Crippen LogP contribution < -0.4 is 4.74 Å². The summed E-state index contributed by atoms with van der Waals surface area (Å²) in [5.41, 5.74) is 0.915. The van der Waals surface area contributed by atoms with Crippen LogP contribution in [0.4, 0.5) is 0 Å².